The number of rotatable bonds is 15. The second-order valence-corrected chi connectivity index (χ2v) is 11.1. The SMILES string of the molecule is CC[C@@H](COCCCc1oc([C@@H](O)[C@H](C)C(=O)N2C(=O)OCC2Cc2ccccc2)cc1Br)OCc1ccccc1. The first-order chi connectivity index (χ1) is 19.9. The zero-order valence-electron chi connectivity index (χ0n) is 23.5. The van der Waals surface area contributed by atoms with E-state index in [1.165, 1.54) is 0 Å². The Morgan fingerprint density at radius 1 is 1.12 bits per heavy atom. The summed E-state index contributed by atoms with van der Waals surface area (Å²) >= 11 is 3.51. The molecule has 1 fully saturated rings. The third kappa shape index (κ3) is 8.52. The van der Waals surface area contributed by atoms with Crippen molar-refractivity contribution in [1.29, 1.82) is 0 Å². The van der Waals surface area contributed by atoms with Gasteiger partial charge in [0.2, 0.25) is 5.91 Å². The third-order valence-electron chi connectivity index (χ3n) is 7.22. The maximum Gasteiger partial charge on any atom is 0.416 e. The Morgan fingerprint density at radius 2 is 1.80 bits per heavy atom. The first kappa shape index (κ1) is 31.0. The zero-order valence-corrected chi connectivity index (χ0v) is 25.1. The summed E-state index contributed by atoms with van der Waals surface area (Å²) in [4.78, 5) is 26.9. The average Bonchev–Trinajstić information content (AvgIpc) is 3.55. The fourth-order valence-corrected chi connectivity index (χ4v) is 5.24. The summed E-state index contributed by atoms with van der Waals surface area (Å²) in [6.45, 7) is 5.39. The number of aliphatic hydroxyl groups is 1. The second kappa shape index (κ2) is 15.3. The maximum atomic E-state index is 13.3. The van der Waals surface area contributed by atoms with Gasteiger partial charge in [0.25, 0.3) is 0 Å². The molecule has 4 atom stereocenters. The van der Waals surface area contributed by atoms with Gasteiger partial charge >= 0.3 is 6.09 Å². The normalized spacial score (nSPS) is 17.3. The Kier molecular flexibility index (Phi) is 11.6. The Morgan fingerprint density at radius 3 is 2.49 bits per heavy atom. The Hall–Kier alpha value is -2.98. The summed E-state index contributed by atoms with van der Waals surface area (Å²) in [5, 5.41) is 11.0. The Balaban J connectivity index is 1.25. The van der Waals surface area contributed by atoms with E-state index >= 15 is 0 Å². The molecular formula is C32H38BrNO7. The number of benzene rings is 2. The zero-order chi connectivity index (χ0) is 29.2. The third-order valence-corrected chi connectivity index (χ3v) is 7.89. The van der Waals surface area contributed by atoms with Crippen LogP contribution in [0.3, 0.4) is 0 Å². The molecule has 9 heteroatoms. The van der Waals surface area contributed by atoms with Crippen molar-refractivity contribution in [2.24, 2.45) is 5.92 Å². The molecule has 0 spiro atoms. The highest BCUT2D eigenvalue weighted by Crippen LogP contribution is 2.32. The van der Waals surface area contributed by atoms with Crippen LogP contribution in [0, 0.1) is 5.92 Å². The summed E-state index contributed by atoms with van der Waals surface area (Å²) in [5.74, 6) is -0.475. The minimum absolute atomic E-state index is 0.0199. The van der Waals surface area contributed by atoms with E-state index in [9.17, 15) is 14.7 Å². The second-order valence-electron chi connectivity index (χ2n) is 10.3. The molecule has 1 aromatic heterocycles. The lowest BCUT2D eigenvalue weighted by atomic mass is 9.99. The Bertz CT molecular complexity index is 1250. The van der Waals surface area contributed by atoms with Gasteiger partial charge in [-0.25, -0.2) is 9.69 Å². The molecule has 1 aliphatic heterocycles. The van der Waals surface area contributed by atoms with Crippen LogP contribution in [-0.4, -0.2) is 54.0 Å². The van der Waals surface area contributed by atoms with Crippen LogP contribution in [0.1, 0.15) is 55.4 Å². The molecule has 2 heterocycles. The van der Waals surface area contributed by atoms with Gasteiger partial charge in [0.1, 0.15) is 24.2 Å². The summed E-state index contributed by atoms with van der Waals surface area (Å²) in [6.07, 6.45) is 0.760. The monoisotopic (exact) mass is 627 g/mol. The quantitative estimate of drug-likeness (QED) is 0.199. The van der Waals surface area contributed by atoms with E-state index in [4.69, 9.17) is 18.6 Å². The molecule has 1 saturated heterocycles. The first-order valence-electron chi connectivity index (χ1n) is 14.1. The van der Waals surface area contributed by atoms with Gasteiger partial charge in [-0.05, 0) is 52.4 Å². The molecule has 1 aliphatic rings. The number of hydrogen-bond acceptors (Lipinski definition) is 7. The standard InChI is InChI=1S/C32H38BrNO7/c1-3-26(39-19-24-13-8-5-9-14-24)21-38-16-10-15-28-27(33)18-29(41-28)30(35)22(2)31(36)34-25(20-40-32(34)37)17-23-11-6-4-7-12-23/h4-9,11-14,18,22,25-26,30,35H,3,10,15-17,19-21H2,1-2H3/t22-,25?,26-,30-/m0/s1. The predicted molar refractivity (Wildman–Crippen MR) is 157 cm³/mol. The van der Waals surface area contributed by atoms with E-state index in [0.717, 1.165) is 22.4 Å². The molecule has 0 aliphatic carbocycles. The van der Waals surface area contributed by atoms with Crippen LogP contribution < -0.4 is 0 Å². The van der Waals surface area contributed by atoms with Crippen molar-refractivity contribution in [2.45, 2.75) is 64.4 Å². The molecule has 4 rings (SSSR count). The van der Waals surface area contributed by atoms with Crippen LogP contribution in [0.4, 0.5) is 4.79 Å². The molecule has 8 nitrogen and oxygen atoms in total. The number of carbonyl (C=O) groups excluding carboxylic acids is 2. The number of imide groups is 1. The molecule has 0 saturated carbocycles. The van der Waals surface area contributed by atoms with Crippen LogP contribution in [-0.2, 0) is 38.5 Å². The number of aryl methyl sites for hydroxylation is 1. The smallest absolute Gasteiger partial charge is 0.416 e. The fourth-order valence-electron chi connectivity index (χ4n) is 4.73. The topological polar surface area (TPSA) is 98.4 Å². The molecule has 1 N–H and O–H groups in total. The van der Waals surface area contributed by atoms with E-state index in [2.05, 4.69) is 22.9 Å². The minimum atomic E-state index is -1.22. The summed E-state index contributed by atoms with van der Waals surface area (Å²) in [6, 6.07) is 20.9. The van der Waals surface area contributed by atoms with Gasteiger partial charge in [0, 0.05) is 13.0 Å². The number of hydrogen-bond donors (Lipinski definition) is 1. The lowest BCUT2D eigenvalue weighted by Gasteiger charge is -2.25. The van der Waals surface area contributed by atoms with Gasteiger partial charge in [0.05, 0.1) is 35.8 Å². The highest BCUT2D eigenvalue weighted by molar-refractivity contribution is 9.10. The number of aliphatic hydroxyl groups excluding tert-OH is 1. The van der Waals surface area contributed by atoms with E-state index in [0.29, 0.717) is 49.3 Å². The minimum Gasteiger partial charge on any atom is -0.462 e. The number of carbonyl (C=O) groups is 2. The van der Waals surface area contributed by atoms with Crippen molar-refractivity contribution < 1.29 is 33.3 Å². The van der Waals surface area contributed by atoms with E-state index in [-0.39, 0.29) is 18.5 Å². The van der Waals surface area contributed by atoms with Crippen LogP contribution in [0.5, 0.6) is 0 Å². The van der Waals surface area contributed by atoms with E-state index < -0.39 is 30.1 Å². The van der Waals surface area contributed by atoms with Crippen LogP contribution in [0.15, 0.2) is 75.6 Å². The van der Waals surface area contributed by atoms with Crippen LogP contribution in [0.25, 0.3) is 0 Å². The number of amides is 2. The first-order valence-corrected chi connectivity index (χ1v) is 14.9. The van der Waals surface area contributed by atoms with Gasteiger partial charge in [-0.15, -0.1) is 0 Å². The van der Waals surface area contributed by atoms with Crippen molar-refractivity contribution in [3.63, 3.8) is 0 Å². The summed E-state index contributed by atoms with van der Waals surface area (Å²) in [5.41, 5.74) is 2.13. The number of nitrogens with zero attached hydrogens (tertiary/aromatic N) is 1. The molecule has 1 unspecified atom stereocenters. The van der Waals surface area contributed by atoms with Crippen molar-refractivity contribution in [1.82, 2.24) is 4.90 Å². The van der Waals surface area contributed by atoms with Gasteiger partial charge in [-0.1, -0.05) is 74.5 Å². The molecule has 0 bridgehead atoms. The number of furan rings is 1. The van der Waals surface area contributed by atoms with Crippen molar-refractivity contribution in [2.75, 3.05) is 19.8 Å². The molecule has 220 valence electrons. The summed E-state index contributed by atoms with van der Waals surface area (Å²) < 4.78 is 23.7. The number of halogens is 1. The number of ether oxygens (including phenoxy) is 3. The molecule has 0 radical (unpaired) electrons. The lowest BCUT2D eigenvalue weighted by Crippen LogP contribution is -2.44. The van der Waals surface area contributed by atoms with Crippen molar-refractivity contribution >= 4 is 27.9 Å². The lowest BCUT2D eigenvalue weighted by molar-refractivity contribution is -0.137. The molecular weight excluding hydrogens is 590 g/mol. The molecule has 41 heavy (non-hydrogen) atoms. The molecule has 2 amide bonds. The summed E-state index contributed by atoms with van der Waals surface area (Å²) in [7, 11) is 0. The van der Waals surface area contributed by atoms with Crippen LogP contribution in [0.2, 0.25) is 0 Å². The number of cyclic esters (lactones) is 1. The van der Waals surface area contributed by atoms with Gasteiger partial charge in [-0.3, -0.25) is 4.79 Å². The predicted octanol–water partition coefficient (Wildman–Crippen LogP) is 6.25. The highest BCUT2D eigenvalue weighted by atomic mass is 79.9. The van der Waals surface area contributed by atoms with Crippen LogP contribution >= 0.6 is 15.9 Å². The van der Waals surface area contributed by atoms with E-state index in [1.54, 1.807) is 13.0 Å². The van der Waals surface area contributed by atoms with Gasteiger partial charge in [-0.2, -0.15) is 0 Å². The van der Waals surface area contributed by atoms with Crippen molar-refractivity contribution in [3.05, 3.63) is 93.9 Å². The van der Waals surface area contributed by atoms with Gasteiger partial charge < -0.3 is 23.7 Å². The molecule has 3 aromatic rings. The fraction of sp³-hybridized carbons (Fsp3) is 0.438. The highest BCUT2D eigenvalue weighted by Gasteiger charge is 2.42. The van der Waals surface area contributed by atoms with E-state index in [1.807, 2.05) is 60.7 Å². The maximum absolute atomic E-state index is 13.3. The van der Waals surface area contributed by atoms with Gasteiger partial charge in [0.15, 0.2) is 0 Å². The molecule has 2 aromatic carbocycles. The largest absolute Gasteiger partial charge is 0.462 e. The van der Waals surface area contributed by atoms with Crippen molar-refractivity contribution in [3.8, 4) is 0 Å². The Labute approximate surface area is 249 Å². The average molecular weight is 629 g/mol.